The summed E-state index contributed by atoms with van der Waals surface area (Å²) < 4.78 is 5.39. The quantitative estimate of drug-likeness (QED) is 0.594. The van der Waals surface area contributed by atoms with Crippen molar-refractivity contribution in [1.29, 1.82) is 0 Å². The maximum absolute atomic E-state index is 12.5. The van der Waals surface area contributed by atoms with Gasteiger partial charge in [0.2, 0.25) is 0 Å². The number of fused-ring (bicyclic) bond motifs is 2. The van der Waals surface area contributed by atoms with Crippen molar-refractivity contribution in [2.24, 2.45) is 15.9 Å². The van der Waals surface area contributed by atoms with Gasteiger partial charge in [-0.15, -0.1) is 0 Å². The lowest BCUT2D eigenvalue weighted by Gasteiger charge is -2.17. The van der Waals surface area contributed by atoms with E-state index in [4.69, 9.17) is 4.42 Å². The van der Waals surface area contributed by atoms with E-state index < -0.39 is 11.5 Å². The molecule has 1 aromatic carbocycles. The second-order valence-corrected chi connectivity index (χ2v) is 7.31. The van der Waals surface area contributed by atoms with E-state index in [0.717, 1.165) is 37.7 Å². The van der Waals surface area contributed by atoms with Crippen molar-refractivity contribution in [2.45, 2.75) is 39.0 Å². The highest BCUT2D eigenvalue weighted by molar-refractivity contribution is 6.24. The number of carbonyl (C=O) groups excluding carboxylic acids is 1. The molecule has 1 aromatic heterocycles. The number of rotatable bonds is 6. The van der Waals surface area contributed by atoms with Gasteiger partial charge in [-0.1, -0.05) is 44.4 Å². The molecule has 29 heavy (non-hydrogen) atoms. The SMILES string of the molecule is CCCCCCc1cc2cc(C3=NC(=O)C4C=CC=CC4=N3)c(=O)oc2cc1O. The third-order valence-electron chi connectivity index (χ3n) is 5.19. The fourth-order valence-corrected chi connectivity index (χ4v) is 3.59. The first-order chi connectivity index (χ1) is 14.1. The molecule has 1 unspecified atom stereocenters. The first-order valence-electron chi connectivity index (χ1n) is 9.93. The Labute approximate surface area is 168 Å². The molecule has 0 radical (unpaired) electrons. The molecule has 6 nitrogen and oxygen atoms in total. The average molecular weight is 390 g/mol. The highest BCUT2D eigenvalue weighted by Gasteiger charge is 2.28. The normalized spacial score (nSPS) is 18.0. The first-order valence-corrected chi connectivity index (χ1v) is 9.93. The maximum Gasteiger partial charge on any atom is 0.347 e. The Morgan fingerprint density at radius 3 is 2.76 bits per heavy atom. The van der Waals surface area contributed by atoms with Gasteiger partial charge in [-0.25, -0.2) is 9.79 Å². The molecule has 1 aliphatic carbocycles. The highest BCUT2D eigenvalue weighted by atomic mass is 16.4. The van der Waals surface area contributed by atoms with Crippen molar-refractivity contribution >= 4 is 28.4 Å². The lowest BCUT2D eigenvalue weighted by atomic mass is 9.96. The Balaban J connectivity index is 1.71. The van der Waals surface area contributed by atoms with Crippen LogP contribution in [0.2, 0.25) is 0 Å². The lowest BCUT2D eigenvalue weighted by molar-refractivity contribution is -0.118. The van der Waals surface area contributed by atoms with Crippen molar-refractivity contribution in [1.82, 2.24) is 0 Å². The molecule has 2 aliphatic rings. The van der Waals surface area contributed by atoms with Gasteiger partial charge < -0.3 is 9.52 Å². The van der Waals surface area contributed by atoms with E-state index in [0.29, 0.717) is 16.7 Å². The number of unbranched alkanes of at least 4 members (excludes halogenated alkanes) is 3. The number of hydrogen-bond acceptors (Lipinski definition) is 5. The molecule has 1 aliphatic heterocycles. The molecule has 0 bridgehead atoms. The van der Waals surface area contributed by atoms with Gasteiger partial charge in [0, 0.05) is 11.5 Å². The molecule has 0 saturated carbocycles. The molecule has 1 amide bonds. The molecule has 0 saturated heterocycles. The molecule has 1 atom stereocenters. The van der Waals surface area contributed by atoms with Crippen LogP contribution in [0.4, 0.5) is 0 Å². The molecule has 4 rings (SSSR count). The van der Waals surface area contributed by atoms with Gasteiger partial charge in [-0.05, 0) is 36.6 Å². The molecular weight excluding hydrogens is 368 g/mol. The fourth-order valence-electron chi connectivity index (χ4n) is 3.59. The largest absolute Gasteiger partial charge is 0.508 e. The van der Waals surface area contributed by atoms with Crippen molar-refractivity contribution in [3.8, 4) is 5.75 Å². The number of aliphatic imine (C=N–C) groups is 2. The van der Waals surface area contributed by atoms with Crippen molar-refractivity contribution in [3.05, 3.63) is 64.1 Å². The van der Waals surface area contributed by atoms with Gasteiger partial charge in [-0.3, -0.25) is 4.79 Å². The van der Waals surface area contributed by atoms with E-state index in [1.54, 1.807) is 30.4 Å². The lowest BCUT2D eigenvalue weighted by Crippen LogP contribution is -2.29. The minimum Gasteiger partial charge on any atom is -0.508 e. The summed E-state index contributed by atoms with van der Waals surface area (Å²) in [6.45, 7) is 2.15. The molecule has 2 heterocycles. The Morgan fingerprint density at radius 2 is 1.93 bits per heavy atom. The Bertz CT molecular complexity index is 1150. The van der Waals surface area contributed by atoms with Crippen molar-refractivity contribution in [3.63, 3.8) is 0 Å². The predicted octanol–water partition coefficient (Wildman–Crippen LogP) is 4.09. The number of nitrogens with zero attached hydrogens (tertiary/aromatic N) is 2. The summed E-state index contributed by atoms with van der Waals surface area (Å²) in [4.78, 5) is 33.2. The van der Waals surface area contributed by atoms with Crippen LogP contribution in [0.15, 0.2) is 61.7 Å². The molecule has 0 fully saturated rings. The number of phenolic OH excluding ortho intramolecular Hbond substituents is 1. The Kier molecular flexibility index (Phi) is 5.25. The highest BCUT2D eigenvalue weighted by Crippen LogP contribution is 2.27. The summed E-state index contributed by atoms with van der Waals surface area (Å²) in [6, 6.07) is 4.93. The van der Waals surface area contributed by atoms with Crippen molar-refractivity contribution in [2.75, 3.05) is 0 Å². The number of carbonyl (C=O) groups is 1. The Hall–Kier alpha value is -3.28. The first kappa shape index (κ1) is 19.1. The van der Waals surface area contributed by atoms with Crippen LogP contribution in [0.25, 0.3) is 11.0 Å². The summed E-state index contributed by atoms with van der Waals surface area (Å²) in [7, 11) is 0. The van der Waals surface area contributed by atoms with E-state index >= 15 is 0 Å². The summed E-state index contributed by atoms with van der Waals surface area (Å²) >= 11 is 0. The monoisotopic (exact) mass is 390 g/mol. The number of benzene rings is 1. The standard InChI is InChI=1S/C23H22N2O4/c1-2-3-4-5-8-14-11-15-12-17(23(28)29-20(15)13-19(14)26)21-24-18-10-7-6-9-16(18)22(27)25-21/h6-7,9-13,16,26H,2-5,8H2,1H3. The number of aryl methyl sites for hydroxylation is 1. The topological polar surface area (TPSA) is 92.2 Å². The third kappa shape index (κ3) is 3.83. The van der Waals surface area contributed by atoms with Crippen LogP contribution in [-0.4, -0.2) is 22.6 Å². The van der Waals surface area contributed by atoms with E-state index in [-0.39, 0.29) is 23.1 Å². The zero-order valence-corrected chi connectivity index (χ0v) is 16.2. The smallest absolute Gasteiger partial charge is 0.347 e. The number of allylic oxidation sites excluding steroid dienone is 3. The van der Waals surface area contributed by atoms with Gasteiger partial charge in [0.15, 0.2) is 5.84 Å². The van der Waals surface area contributed by atoms with Crippen LogP contribution in [0, 0.1) is 5.92 Å². The number of amidine groups is 1. The summed E-state index contributed by atoms with van der Waals surface area (Å²) in [5, 5.41) is 10.9. The summed E-state index contributed by atoms with van der Waals surface area (Å²) in [5.74, 6) is -0.665. The van der Waals surface area contributed by atoms with Gasteiger partial charge in [0.05, 0.1) is 5.71 Å². The number of hydrogen-bond donors (Lipinski definition) is 1. The van der Waals surface area contributed by atoms with Crippen LogP contribution >= 0.6 is 0 Å². The summed E-state index contributed by atoms with van der Waals surface area (Å²) in [6.07, 6.45) is 12.2. The van der Waals surface area contributed by atoms with Gasteiger partial charge in [0.25, 0.3) is 5.91 Å². The molecule has 148 valence electrons. The fraction of sp³-hybridized carbons (Fsp3) is 0.304. The van der Waals surface area contributed by atoms with Crippen molar-refractivity contribution < 1.29 is 14.3 Å². The number of aromatic hydroxyl groups is 1. The molecular formula is C23H22N2O4. The maximum atomic E-state index is 12.5. The van der Waals surface area contributed by atoms with Gasteiger partial charge >= 0.3 is 5.63 Å². The predicted molar refractivity (Wildman–Crippen MR) is 113 cm³/mol. The van der Waals surface area contributed by atoms with E-state index in [9.17, 15) is 14.7 Å². The van der Waals surface area contributed by atoms with E-state index in [1.807, 2.05) is 6.07 Å². The molecule has 1 N–H and O–H groups in total. The van der Waals surface area contributed by atoms with E-state index in [1.165, 1.54) is 6.07 Å². The van der Waals surface area contributed by atoms with Gasteiger partial charge in [-0.2, -0.15) is 4.99 Å². The van der Waals surface area contributed by atoms with Crippen LogP contribution in [0.5, 0.6) is 5.75 Å². The number of phenols is 1. The Morgan fingerprint density at radius 1 is 1.07 bits per heavy atom. The molecule has 2 aromatic rings. The zero-order valence-electron chi connectivity index (χ0n) is 16.2. The van der Waals surface area contributed by atoms with Crippen LogP contribution < -0.4 is 5.63 Å². The summed E-state index contributed by atoms with van der Waals surface area (Å²) in [5.41, 5.74) is 1.16. The van der Waals surface area contributed by atoms with Crippen LogP contribution in [0.3, 0.4) is 0 Å². The van der Waals surface area contributed by atoms with Crippen LogP contribution in [-0.2, 0) is 11.2 Å². The van der Waals surface area contributed by atoms with Gasteiger partial charge in [0.1, 0.15) is 22.8 Å². The van der Waals surface area contributed by atoms with Crippen LogP contribution in [0.1, 0.15) is 43.7 Å². The second kappa shape index (κ2) is 7.99. The third-order valence-corrected chi connectivity index (χ3v) is 5.19. The zero-order chi connectivity index (χ0) is 20.4. The number of amides is 1. The average Bonchev–Trinajstić information content (AvgIpc) is 2.71. The van der Waals surface area contributed by atoms with E-state index in [2.05, 4.69) is 16.9 Å². The minimum absolute atomic E-state index is 0.0643. The molecule has 0 spiro atoms. The molecule has 6 heteroatoms. The minimum atomic E-state index is -0.641. The second-order valence-electron chi connectivity index (χ2n) is 7.31.